The number of anilines is 2. The van der Waals surface area contributed by atoms with E-state index in [1.807, 2.05) is 18.4 Å². The first-order chi connectivity index (χ1) is 8.56. The number of thiophene rings is 1. The van der Waals surface area contributed by atoms with Crippen molar-refractivity contribution in [3.05, 3.63) is 11.4 Å². The molecule has 0 saturated heterocycles. The molecule has 0 bridgehead atoms. The molecule has 0 aliphatic carbocycles. The molecule has 2 rings (SSSR count). The van der Waals surface area contributed by atoms with Crippen molar-refractivity contribution in [2.75, 3.05) is 23.1 Å². The van der Waals surface area contributed by atoms with E-state index >= 15 is 0 Å². The summed E-state index contributed by atoms with van der Waals surface area (Å²) in [5.41, 5.74) is 5.68. The van der Waals surface area contributed by atoms with Crippen LogP contribution in [-0.4, -0.2) is 32.2 Å². The van der Waals surface area contributed by atoms with Gasteiger partial charge in [0.25, 0.3) is 0 Å². The van der Waals surface area contributed by atoms with E-state index in [0.717, 1.165) is 22.5 Å². The van der Waals surface area contributed by atoms with Gasteiger partial charge in [0.1, 0.15) is 10.6 Å². The minimum atomic E-state index is -0.763. The predicted molar refractivity (Wildman–Crippen MR) is 78.5 cm³/mol. The number of fused-ring (bicyclic) bond motifs is 1. The zero-order chi connectivity index (χ0) is 13.1. The van der Waals surface area contributed by atoms with Crippen molar-refractivity contribution in [1.82, 2.24) is 9.97 Å². The van der Waals surface area contributed by atoms with Gasteiger partial charge in [-0.3, -0.25) is 4.21 Å². The summed E-state index contributed by atoms with van der Waals surface area (Å²) in [4.78, 5) is 9.29. The summed E-state index contributed by atoms with van der Waals surface area (Å²) in [7, 11) is -0.763. The Morgan fingerprint density at radius 3 is 3.06 bits per heavy atom. The summed E-state index contributed by atoms with van der Waals surface area (Å²) in [6.45, 7) is 2.05. The van der Waals surface area contributed by atoms with Crippen LogP contribution in [0.15, 0.2) is 11.4 Å². The SMILES string of the molecule is CC(CCS(C)=O)Nc1nc(N)nc2sccc12. The van der Waals surface area contributed by atoms with Gasteiger partial charge < -0.3 is 11.1 Å². The van der Waals surface area contributed by atoms with Gasteiger partial charge in [-0.25, -0.2) is 4.98 Å². The van der Waals surface area contributed by atoms with Crippen LogP contribution in [0.3, 0.4) is 0 Å². The Labute approximate surface area is 112 Å². The molecule has 2 unspecified atom stereocenters. The second-order valence-corrected chi connectivity index (χ2v) is 6.63. The van der Waals surface area contributed by atoms with Crippen molar-refractivity contribution in [3.8, 4) is 0 Å². The molecule has 2 aromatic heterocycles. The van der Waals surface area contributed by atoms with Gasteiger partial charge in [0.15, 0.2) is 0 Å². The van der Waals surface area contributed by atoms with Gasteiger partial charge in [-0.2, -0.15) is 4.98 Å². The molecule has 0 saturated carbocycles. The molecule has 3 N–H and O–H groups in total. The highest BCUT2D eigenvalue weighted by Gasteiger charge is 2.10. The smallest absolute Gasteiger partial charge is 0.223 e. The molecule has 98 valence electrons. The molecule has 0 aromatic carbocycles. The molecule has 2 aromatic rings. The van der Waals surface area contributed by atoms with Crippen LogP contribution in [0.5, 0.6) is 0 Å². The van der Waals surface area contributed by atoms with Crippen LogP contribution in [0.4, 0.5) is 11.8 Å². The van der Waals surface area contributed by atoms with Crippen LogP contribution in [0.2, 0.25) is 0 Å². The number of hydrogen-bond acceptors (Lipinski definition) is 6. The van der Waals surface area contributed by atoms with Crippen LogP contribution in [0, 0.1) is 0 Å². The maximum absolute atomic E-state index is 11.1. The largest absolute Gasteiger partial charge is 0.368 e. The van der Waals surface area contributed by atoms with E-state index in [2.05, 4.69) is 15.3 Å². The van der Waals surface area contributed by atoms with Crippen LogP contribution in [-0.2, 0) is 10.8 Å². The van der Waals surface area contributed by atoms with Gasteiger partial charge >= 0.3 is 0 Å². The van der Waals surface area contributed by atoms with E-state index in [0.29, 0.717) is 5.75 Å². The molecule has 7 heteroatoms. The van der Waals surface area contributed by atoms with Crippen molar-refractivity contribution in [1.29, 1.82) is 0 Å². The Balaban J connectivity index is 2.15. The van der Waals surface area contributed by atoms with Crippen LogP contribution >= 0.6 is 11.3 Å². The zero-order valence-corrected chi connectivity index (χ0v) is 12.0. The second kappa shape index (κ2) is 5.62. The van der Waals surface area contributed by atoms with Gasteiger partial charge in [0.2, 0.25) is 5.95 Å². The Kier molecular flexibility index (Phi) is 4.13. The van der Waals surface area contributed by atoms with Crippen molar-refractivity contribution < 1.29 is 4.21 Å². The molecule has 0 aliphatic heterocycles. The minimum Gasteiger partial charge on any atom is -0.368 e. The lowest BCUT2D eigenvalue weighted by atomic mass is 10.2. The van der Waals surface area contributed by atoms with Crippen molar-refractivity contribution >= 4 is 44.1 Å². The van der Waals surface area contributed by atoms with Gasteiger partial charge in [-0.15, -0.1) is 11.3 Å². The Bertz CT molecular complexity index is 569. The molecule has 18 heavy (non-hydrogen) atoms. The fourth-order valence-corrected chi connectivity index (χ4v) is 3.09. The molecule has 0 amide bonds. The van der Waals surface area contributed by atoms with Gasteiger partial charge in [0, 0.05) is 28.9 Å². The van der Waals surface area contributed by atoms with Crippen LogP contribution < -0.4 is 11.1 Å². The Morgan fingerprint density at radius 2 is 2.33 bits per heavy atom. The van der Waals surface area contributed by atoms with E-state index in [4.69, 9.17) is 5.73 Å². The minimum absolute atomic E-state index is 0.200. The quantitative estimate of drug-likeness (QED) is 0.875. The summed E-state index contributed by atoms with van der Waals surface area (Å²) in [5, 5.41) is 6.26. The predicted octanol–water partition coefficient (Wildman–Crippen LogP) is 1.84. The normalized spacial score (nSPS) is 14.6. The standard InChI is InChI=1S/C11H16N4OS2/c1-7(4-6-18(2)16)13-9-8-3-5-17-10(8)15-11(12)14-9/h3,5,7H,4,6H2,1-2H3,(H3,12,13,14,15). The third-order valence-electron chi connectivity index (χ3n) is 2.56. The number of nitrogen functional groups attached to an aromatic ring is 1. The maximum Gasteiger partial charge on any atom is 0.223 e. The molecule has 2 heterocycles. The number of aromatic nitrogens is 2. The summed E-state index contributed by atoms with van der Waals surface area (Å²) in [5.74, 6) is 1.72. The molecular formula is C11H16N4OS2. The monoisotopic (exact) mass is 284 g/mol. The van der Waals surface area contributed by atoms with E-state index in [-0.39, 0.29) is 12.0 Å². The zero-order valence-electron chi connectivity index (χ0n) is 10.3. The lowest BCUT2D eigenvalue weighted by molar-refractivity contribution is 0.678. The molecule has 0 aliphatic rings. The van der Waals surface area contributed by atoms with Crippen LogP contribution in [0.25, 0.3) is 10.2 Å². The Morgan fingerprint density at radius 1 is 1.56 bits per heavy atom. The third kappa shape index (κ3) is 3.17. The highest BCUT2D eigenvalue weighted by molar-refractivity contribution is 7.84. The average molecular weight is 284 g/mol. The first-order valence-corrected chi connectivity index (χ1v) is 8.24. The first kappa shape index (κ1) is 13.2. The molecule has 0 radical (unpaired) electrons. The van der Waals surface area contributed by atoms with E-state index in [1.54, 1.807) is 17.6 Å². The highest BCUT2D eigenvalue weighted by atomic mass is 32.2. The molecule has 5 nitrogen and oxygen atoms in total. The number of hydrogen-bond donors (Lipinski definition) is 2. The number of nitrogens with two attached hydrogens (primary N) is 1. The van der Waals surface area contributed by atoms with Gasteiger partial charge in [-0.05, 0) is 24.8 Å². The lowest BCUT2D eigenvalue weighted by Crippen LogP contribution is -2.19. The first-order valence-electron chi connectivity index (χ1n) is 5.63. The average Bonchev–Trinajstić information content (AvgIpc) is 2.74. The van der Waals surface area contributed by atoms with Crippen LogP contribution in [0.1, 0.15) is 13.3 Å². The molecule has 2 atom stereocenters. The van der Waals surface area contributed by atoms with E-state index in [1.165, 1.54) is 0 Å². The lowest BCUT2D eigenvalue weighted by Gasteiger charge is -2.14. The number of rotatable bonds is 5. The maximum atomic E-state index is 11.1. The Hall–Kier alpha value is -1.21. The number of nitrogens with one attached hydrogen (secondary N) is 1. The van der Waals surface area contributed by atoms with Crippen molar-refractivity contribution in [2.24, 2.45) is 0 Å². The fourth-order valence-electron chi connectivity index (χ4n) is 1.63. The summed E-state index contributed by atoms with van der Waals surface area (Å²) in [6.07, 6.45) is 2.55. The third-order valence-corrected chi connectivity index (χ3v) is 4.18. The fraction of sp³-hybridized carbons (Fsp3) is 0.455. The van der Waals surface area contributed by atoms with Crippen molar-refractivity contribution in [3.63, 3.8) is 0 Å². The second-order valence-electron chi connectivity index (χ2n) is 4.18. The number of nitrogens with zero attached hydrogens (tertiary/aromatic N) is 2. The van der Waals surface area contributed by atoms with E-state index in [9.17, 15) is 4.21 Å². The highest BCUT2D eigenvalue weighted by Crippen LogP contribution is 2.26. The summed E-state index contributed by atoms with van der Waals surface area (Å²) in [6, 6.07) is 2.18. The molecular weight excluding hydrogens is 268 g/mol. The van der Waals surface area contributed by atoms with E-state index < -0.39 is 10.8 Å². The summed E-state index contributed by atoms with van der Waals surface area (Å²) < 4.78 is 11.1. The molecule has 0 spiro atoms. The topological polar surface area (TPSA) is 80.9 Å². The summed E-state index contributed by atoms with van der Waals surface area (Å²) >= 11 is 1.54. The van der Waals surface area contributed by atoms with Crippen molar-refractivity contribution in [2.45, 2.75) is 19.4 Å². The molecule has 0 fully saturated rings. The van der Waals surface area contributed by atoms with Gasteiger partial charge in [-0.1, -0.05) is 0 Å². The van der Waals surface area contributed by atoms with Gasteiger partial charge in [0.05, 0.1) is 5.39 Å².